The summed E-state index contributed by atoms with van der Waals surface area (Å²) >= 11 is 0. The standard InChI is InChI=1S/C23H21F3N4/c1-16(2)30-22(17-8-4-3-5-9-17)20(15-27-30)21-12-7-13-29(28-21)19-11-6-10-18(14-19)23(24,25)26/h3-16,28H,1-2H3. The molecule has 2 aromatic carbocycles. The first-order valence-corrected chi connectivity index (χ1v) is 9.59. The summed E-state index contributed by atoms with van der Waals surface area (Å²) in [5.41, 5.74) is 6.50. The number of hydrogen-bond acceptors (Lipinski definition) is 3. The predicted molar refractivity (Wildman–Crippen MR) is 112 cm³/mol. The highest BCUT2D eigenvalue weighted by molar-refractivity contribution is 5.80. The first-order valence-electron chi connectivity index (χ1n) is 9.59. The number of nitrogens with one attached hydrogen (secondary N) is 1. The highest BCUT2D eigenvalue weighted by atomic mass is 19.4. The highest BCUT2D eigenvalue weighted by Gasteiger charge is 2.31. The number of aromatic nitrogens is 2. The van der Waals surface area contributed by atoms with Gasteiger partial charge in [-0.05, 0) is 44.2 Å². The van der Waals surface area contributed by atoms with Gasteiger partial charge in [-0.1, -0.05) is 36.4 Å². The molecule has 154 valence electrons. The van der Waals surface area contributed by atoms with Crippen molar-refractivity contribution in [1.29, 1.82) is 0 Å². The lowest BCUT2D eigenvalue weighted by molar-refractivity contribution is -0.137. The van der Waals surface area contributed by atoms with E-state index in [1.807, 2.05) is 41.1 Å². The second-order valence-corrected chi connectivity index (χ2v) is 7.26. The number of anilines is 1. The fourth-order valence-corrected chi connectivity index (χ4v) is 3.40. The van der Waals surface area contributed by atoms with Crippen LogP contribution in [0.4, 0.5) is 18.9 Å². The number of hydrazine groups is 1. The Kier molecular flexibility index (Phi) is 5.11. The molecule has 0 atom stereocenters. The van der Waals surface area contributed by atoms with Crippen LogP contribution in [0.25, 0.3) is 17.0 Å². The molecule has 30 heavy (non-hydrogen) atoms. The number of nitrogens with zero attached hydrogens (tertiary/aromatic N) is 3. The van der Waals surface area contributed by atoms with E-state index < -0.39 is 11.7 Å². The first-order chi connectivity index (χ1) is 14.3. The Balaban J connectivity index is 1.70. The lowest BCUT2D eigenvalue weighted by Gasteiger charge is -2.27. The summed E-state index contributed by atoms with van der Waals surface area (Å²) in [5.74, 6) is 0. The third-order valence-electron chi connectivity index (χ3n) is 4.81. The summed E-state index contributed by atoms with van der Waals surface area (Å²) in [7, 11) is 0. The maximum absolute atomic E-state index is 13.1. The fourth-order valence-electron chi connectivity index (χ4n) is 3.40. The van der Waals surface area contributed by atoms with Crippen molar-refractivity contribution in [2.75, 3.05) is 5.01 Å². The van der Waals surface area contributed by atoms with E-state index in [1.54, 1.807) is 29.5 Å². The van der Waals surface area contributed by atoms with Crippen molar-refractivity contribution in [1.82, 2.24) is 15.2 Å². The minimum atomic E-state index is -4.40. The summed E-state index contributed by atoms with van der Waals surface area (Å²) in [4.78, 5) is 0. The summed E-state index contributed by atoms with van der Waals surface area (Å²) < 4.78 is 41.3. The number of alkyl halides is 3. The van der Waals surface area contributed by atoms with Crippen LogP contribution in [-0.4, -0.2) is 9.78 Å². The third-order valence-corrected chi connectivity index (χ3v) is 4.81. The molecule has 0 aliphatic carbocycles. The van der Waals surface area contributed by atoms with Gasteiger partial charge in [-0.2, -0.15) is 18.3 Å². The topological polar surface area (TPSA) is 33.1 Å². The molecule has 1 aromatic heterocycles. The van der Waals surface area contributed by atoms with Gasteiger partial charge in [-0.3, -0.25) is 15.1 Å². The second kappa shape index (κ2) is 7.74. The number of halogens is 3. The van der Waals surface area contributed by atoms with Gasteiger partial charge >= 0.3 is 6.18 Å². The zero-order chi connectivity index (χ0) is 21.3. The summed E-state index contributed by atoms with van der Waals surface area (Å²) in [6.07, 6.45) is 2.76. The lowest BCUT2D eigenvalue weighted by atomic mass is 10.0. The summed E-state index contributed by atoms with van der Waals surface area (Å²) in [5, 5.41) is 6.13. The van der Waals surface area contributed by atoms with E-state index in [9.17, 15) is 13.2 Å². The van der Waals surface area contributed by atoms with Crippen molar-refractivity contribution in [2.24, 2.45) is 0 Å². The monoisotopic (exact) mass is 410 g/mol. The minimum absolute atomic E-state index is 0.147. The van der Waals surface area contributed by atoms with Gasteiger partial charge in [-0.15, -0.1) is 0 Å². The maximum Gasteiger partial charge on any atom is 0.416 e. The van der Waals surface area contributed by atoms with Crippen LogP contribution in [0.15, 0.2) is 79.1 Å². The van der Waals surface area contributed by atoms with E-state index in [0.717, 1.165) is 34.7 Å². The van der Waals surface area contributed by atoms with Gasteiger partial charge in [0.1, 0.15) is 0 Å². The molecule has 0 spiro atoms. The average molecular weight is 410 g/mol. The van der Waals surface area contributed by atoms with Gasteiger partial charge in [0.2, 0.25) is 0 Å². The Morgan fingerprint density at radius 3 is 2.47 bits per heavy atom. The molecule has 0 saturated heterocycles. The molecule has 0 unspecified atom stereocenters. The average Bonchev–Trinajstić information content (AvgIpc) is 3.20. The van der Waals surface area contributed by atoms with E-state index >= 15 is 0 Å². The van der Waals surface area contributed by atoms with Crippen LogP contribution in [0.3, 0.4) is 0 Å². The molecule has 0 saturated carbocycles. The third kappa shape index (κ3) is 3.83. The molecule has 0 amide bonds. The smallest absolute Gasteiger partial charge is 0.294 e. The molecule has 2 heterocycles. The molecule has 4 nitrogen and oxygen atoms in total. The van der Waals surface area contributed by atoms with Crippen molar-refractivity contribution in [3.63, 3.8) is 0 Å². The molecule has 0 bridgehead atoms. The summed E-state index contributed by atoms with van der Waals surface area (Å²) in [6.45, 7) is 4.11. The van der Waals surface area contributed by atoms with Crippen LogP contribution in [0.1, 0.15) is 31.0 Å². The molecule has 3 aromatic rings. The Morgan fingerprint density at radius 2 is 1.77 bits per heavy atom. The van der Waals surface area contributed by atoms with Crippen molar-refractivity contribution in [2.45, 2.75) is 26.1 Å². The van der Waals surface area contributed by atoms with E-state index in [2.05, 4.69) is 24.4 Å². The number of rotatable bonds is 4. The normalized spacial score (nSPS) is 14.1. The Bertz CT molecular complexity index is 1100. The van der Waals surface area contributed by atoms with Gasteiger partial charge in [0, 0.05) is 23.4 Å². The molecule has 1 aliphatic rings. The lowest BCUT2D eigenvalue weighted by Crippen LogP contribution is -2.34. The van der Waals surface area contributed by atoms with Crippen LogP contribution in [-0.2, 0) is 6.18 Å². The van der Waals surface area contributed by atoms with Crippen LogP contribution >= 0.6 is 0 Å². The molecule has 0 fully saturated rings. The highest BCUT2D eigenvalue weighted by Crippen LogP contribution is 2.34. The molecular weight excluding hydrogens is 389 g/mol. The number of hydrogen-bond donors (Lipinski definition) is 1. The van der Waals surface area contributed by atoms with Crippen LogP contribution in [0, 0.1) is 0 Å². The fraction of sp³-hybridized carbons (Fsp3) is 0.174. The maximum atomic E-state index is 13.1. The van der Waals surface area contributed by atoms with E-state index in [-0.39, 0.29) is 6.04 Å². The summed E-state index contributed by atoms with van der Waals surface area (Å²) in [6, 6.07) is 15.3. The molecule has 0 radical (unpaired) electrons. The van der Waals surface area contributed by atoms with Crippen molar-refractivity contribution in [3.8, 4) is 11.3 Å². The van der Waals surface area contributed by atoms with Gasteiger partial charge in [0.15, 0.2) is 0 Å². The van der Waals surface area contributed by atoms with E-state index in [0.29, 0.717) is 5.69 Å². The molecule has 1 N–H and O–H groups in total. The van der Waals surface area contributed by atoms with Gasteiger partial charge in [-0.25, -0.2) is 0 Å². The zero-order valence-electron chi connectivity index (χ0n) is 16.6. The molecular formula is C23H21F3N4. The Hall–Kier alpha value is -3.48. The predicted octanol–water partition coefficient (Wildman–Crippen LogP) is 6.03. The zero-order valence-corrected chi connectivity index (χ0v) is 16.6. The molecule has 1 aliphatic heterocycles. The van der Waals surface area contributed by atoms with Crippen molar-refractivity contribution >= 4 is 11.4 Å². The van der Waals surface area contributed by atoms with Crippen LogP contribution in [0.5, 0.6) is 0 Å². The van der Waals surface area contributed by atoms with Crippen molar-refractivity contribution in [3.05, 3.63) is 90.3 Å². The van der Waals surface area contributed by atoms with E-state index in [4.69, 9.17) is 0 Å². The Labute approximate surface area is 172 Å². The number of benzene rings is 2. The SMILES string of the molecule is CC(C)n1ncc(C2=CC=CN(c3cccc(C(F)(F)F)c3)N2)c1-c1ccccc1. The second-order valence-electron chi connectivity index (χ2n) is 7.26. The van der Waals surface area contributed by atoms with Gasteiger partial charge in [0.05, 0.1) is 28.8 Å². The molecule has 7 heteroatoms. The van der Waals surface area contributed by atoms with Crippen molar-refractivity contribution < 1.29 is 13.2 Å². The number of allylic oxidation sites excluding steroid dienone is 2. The molecule has 4 rings (SSSR count). The Morgan fingerprint density at radius 1 is 1.00 bits per heavy atom. The van der Waals surface area contributed by atoms with Crippen LogP contribution < -0.4 is 10.4 Å². The minimum Gasteiger partial charge on any atom is -0.294 e. The quantitative estimate of drug-likeness (QED) is 0.570. The van der Waals surface area contributed by atoms with Gasteiger partial charge in [0.25, 0.3) is 0 Å². The largest absolute Gasteiger partial charge is 0.416 e. The van der Waals surface area contributed by atoms with Crippen LogP contribution in [0.2, 0.25) is 0 Å². The van der Waals surface area contributed by atoms with E-state index in [1.165, 1.54) is 6.07 Å². The first kappa shape index (κ1) is 19.8. The van der Waals surface area contributed by atoms with Gasteiger partial charge < -0.3 is 0 Å².